The Morgan fingerprint density at radius 2 is 0.652 bits per heavy atom. The van der Waals surface area contributed by atoms with Gasteiger partial charge in [-0.3, -0.25) is 0 Å². The first-order valence-electron chi connectivity index (χ1n) is 22.4. The van der Waals surface area contributed by atoms with Crippen molar-refractivity contribution >= 4 is 94.7 Å². The largest absolute Gasteiger partial charge is 0.455 e. The average Bonchev–Trinajstić information content (AvgIpc) is 3.77. The highest BCUT2D eigenvalue weighted by molar-refractivity contribution is 6.10. The summed E-state index contributed by atoms with van der Waals surface area (Å²) in [5, 5.41) is 6.93. The molecule has 11 aromatic carbocycles. The van der Waals surface area contributed by atoms with Crippen LogP contribution in [0.1, 0.15) is 0 Å². The third-order valence-corrected chi connectivity index (χ3v) is 12.6. The number of hydrogen-bond acceptors (Lipinski definition) is 4. The van der Waals surface area contributed by atoms with Crippen molar-refractivity contribution in [1.82, 2.24) is 0 Å². The molecular weight excluding hydrogens is 803 g/mol. The fourth-order valence-corrected chi connectivity index (χ4v) is 9.57. The predicted molar refractivity (Wildman–Crippen MR) is 278 cm³/mol. The minimum atomic E-state index is 0.892. The van der Waals surface area contributed by atoms with Crippen LogP contribution in [0.5, 0.6) is 0 Å². The highest BCUT2D eigenvalue weighted by Crippen LogP contribution is 2.48. The summed E-state index contributed by atoms with van der Waals surface area (Å²) in [6.07, 6.45) is 0. The first-order chi connectivity index (χ1) is 32.7. The molecule has 12 aromatic rings. The Morgan fingerprint density at radius 3 is 1.20 bits per heavy atom. The van der Waals surface area contributed by atoms with E-state index in [4.69, 9.17) is 4.42 Å². The molecule has 0 amide bonds. The van der Waals surface area contributed by atoms with Crippen LogP contribution in [0.2, 0.25) is 0 Å². The van der Waals surface area contributed by atoms with E-state index in [9.17, 15) is 0 Å². The zero-order chi connectivity index (χ0) is 43.8. The van der Waals surface area contributed by atoms with Crippen molar-refractivity contribution in [2.75, 3.05) is 14.7 Å². The van der Waals surface area contributed by atoms with Gasteiger partial charge in [-0.15, -0.1) is 0 Å². The third-order valence-electron chi connectivity index (χ3n) is 12.6. The smallest absolute Gasteiger partial charge is 0.143 e. The molecule has 1 aromatic heterocycles. The van der Waals surface area contributed by atoms with Crippen LogP contribution in [0.25, 0.3) is 54.6 Å². The molecule has 0 aliphatic carbocycles. The fourth-order valence-electron chi connectivity index (χ4n) is 9.57. The van der Waals surface area contributed by atoms with Gasteiger partial charge in [-0.1, -0.05) is 176 Å². The SMILES string of the molecule is c1ccc(N(c2ccc(-c3cccc4c3oc3ccccc34)cc2)c2cc(N(c3ccccc3)c3cccc4ccccc34)cc(N(c3ccccc3)c3cccc4ccccc34)c2)cc1. The van der Waals surface area contributed by atoms with E-state index >= 15 is 0 Å². The molecule has 0 fully saturated rings. The lowest BCUT2D eigenvalue weighted by Gasteiger charge is -2.33. The fraction of sp³-hybridized carbons (Fsp3) is 0. The molecular formula is C62H43N3O. The van der Waals surface area contributed by atoms with Crippen LogP contribution in [-0.4, -0.2) is 0 Å². The van der Waals surface area contributed by atoms with Crippen LogP contribution < -0.4 is 14.7 Å². The van der Waals surface area contributed by atoms with Gasteiger partial charge in [0.25, 0.3) is 0 Å². The Balaban J connectivity index is 1.11. The number of nitrogens with zero attached hydrogens (tertiary/aromatic N) is 3. The monoisotopic (exact) mass is 845 g/mol. The van der Waals surface area contributed by atoms with E-state index in [1.807, 2.05) is 12.1 Å². The summed E-state index contributed by atoms with van der Waals surface area (Å²) in [5.74, 6) is 0. The lowest BCUT2D eigenvalue weighted by atomic mass is 10.0. The second-order valence-electron chi connectivity index (χ2n) is 16.5. The van der Waals surface area contributed by atoms with Crippen LogP contribution in [-0.2, 0) is 0 Å². The number of furan rings is 1. The molecule has 0 aliphatic rings. The normalized spacial score (nSPS) is 11.3. The number of fused-ring (bicyclic) bond motifs is 5. The maximum absolute atomic E-state index is 6.51. The molecule has 66 heavy (non-hydrogen) atoms. The second kappa shape index (κ2) is 16.7. The quantitative estimate of drug-likeness (QED) is 0.137. The number of rotatable bonds is 10. The van der Waals surface area contributed by atoms with Crippen LogP contribution >= 0.6 is 0 Å². The van der Waals surface area contributed by atoms with Crippen molar-refractivity contribution in [2.24, 2.45) is 0 Å². The van der Waals surface area contributed by atoms with E-state index in [0.717, 1.165) is 84.3 Å². The van der Waals surface area contributed by atoms with Crippen molar-refractivity contribution in [3.05, 3.63) is 261 Å². The van der Waals surface area contributed by atoms with Gasteiger partial charge in [0.1, 0.15) is 11.2 Å². The van der Waals surface area contributed by atoms with Crippen LogP contribution in [0.4, 0.5) is 51.2 Å². The summed E-state index contributed by atoms with van der Waals surface area (Å²) < 4.78 is 6.51. The summed E-state index contributed by atoms with van der Waals surface area (Å²) in [7, 11) is 0. The molecule has 12 rings (SSSR count). The first-order valence-corrected chi connectivity index (χ1v) is 22.4. The van der Waals surface area contributed by atoms with Crippen LogP contribution in [0.15, 0.2) is 265 Å². The summed E-state index contributed by atoms with van der Waals surface area (Å²) in [5.41, 5.74) is 13.3. The molecule has 0 radical (unpaired) electrons. The predicted octanol–water partition coefficient (Wildman–Crippen LogP) is 18.0. The summed E-state index contributed by atoms with van der Waals surface area (Å²) in [6.45, 7) is 0. The van der Waals surface area contributed by atoms with E-state index in [-0.39, 0.29) is 0 Å². The van der Waals surface area contributed by atoms with Gasteiger partial charge in [0.2, 0.25) is 0 Å². The Bertz CT molecular complexity index is 3510. The average molecular weight is 846 g/mol. The second-order valence-corrected chi connectivity index (χ2v) is 16.5. The number of para-hydroxylation sites is 5. The molecule has 312 valence electrons. The van der Waals surface area contributed by atoms with Gasteiger partial charge in [-0.05, 0) is 101 Å². The van der Waals surface area contributed by atoms with Gasteiger partial charge in [0.05, 0.1) is 28.4 Å². The van der Waals surface area contributed by atoms with E-state index in [1.165, 1.54) is 21.5 Å². The van der Waals surface area contributed by atoms with E-state index in [0.29, 0.717) is 0 Å². The number of benzene rings is 11. The van der Waals surface area contributed by atoms with Crippen molar-refractivity contribution in [3.63, 3.8) is 0 Å². The summed E-state index contributed by atoms with van der Waals surface area (Å²) in [6, 6.07) is 93.2. The molecule has 0 saturated heterocycles. The topological polar surface area (TPSA) is 22.9 Å². The molecule has 0 N–H and O–H groups in total. The van der Waals surface area contributed by atoms with Crippen LogP contribution in [0, 0.1) is 0 Å². The van der Waals surface area contributed by atoms with Gasteiger partial charge < -0.3 is 19.1 Å². The molecule has 0 saturated carbocycles. The maximum atomic E-state index is 6.51. The molecule has 1 heterocycles. The van der Waals surface area contributed by atoms with E-state index in [1.54, 1.807) is 0 Å². The van der Waals surface area contributed by atoms with Gasteiger partial charge in [-0.25, -0.2) is 0 Å². The van der Waals surface area contributed by atoms with Crippen molar-refractivity contribution in [3.8, 4) is 11.1 Å². The molecule has 0 bridgehead atoms. The molecule has 0 atom stereocenters. The van der Waals surface area contributed by atoms with Crippen molar-refractivity contribution in [2.45, 2.75) is 0 Å². The zero-order valence-electron chi connectivity index (χ0n) is 36.1. The van der Waals surface area contributed by atoms with Crippen molar-refractivity contribution in [1.29, 1.82) is 0 Å². The molecule has 4 heteroatoms. The van der Waals surface area contributed by atoms with Gasteiger partial charge in [-0.2, -0.15) is 0 Å². The molecule has 0 aliphatic heterocycles. The Labute approximate surface area is 384 Å². The van der Waals surface area contributed by atoms with Gasteiger partial charge >= 0.3 is 0 Å². The Hall–Kier alpha value is -8.86. The molecule has 4 nitrogen and oxygen atoms in total. The van der Waals surface area contributed by atoms with Gasteiger partial charge in [0.15, 0.2) is 0 Å². The van der Waals surface area contributed by atoms with Gasteiger partial charge in [0, 0.05) is 49.9 Å². The van der Waals surface area contributed by atoms with Crippen LogP contribution in [0.3, 0.4) is 0 Å². The highest BCUT2D eigenvalue weighted by Gasteiger charge is 2.24. The number of anilines is 9. The third kappa shape index (κ3) is 6.98. The molecule has 0 unspecified atom stereocenters. The lowest BCUT2D eigenvalue weighted by molar-refractivity contribution is 0.670. The van der Waals surface area contributed by atoms with Crippen molar-refractivity contribution < 1.29 is 4.42 Å². The maximum Gasteiger partial charge on any atom is 0.143 e. The minimum Gasteiger partial charge on any atom is -0.455 e. The highest BCUT2D eigenvalue weighted by atomic mass is 16.3. The summed E-state index contributed by atoms with van der Waals surface area (Å²) >= 11 is 0. The Morgan fingerprint density at radius 1 is 0.258 bits per heavy atom. The zero-order valence-corrected chi connectivity index (χ0v) is 36.1. The Kier molecular flexibility index (Phi) is 9.81. The molecule has 0 spiro atoms. The minimum absolute atomic E-state index is 0.892. The number of hydrogen-bond donors (Lipinski definition) is 0. The van der Waals surface area contributed by atoms with E-state index < -0.39 is 0 Å². The first kappa shape index (κ1) is 38.8. The lowest BCUT2D eigenvalue weighted by Crippen LogP contribution is -2.16. The standard InChI is InChI=1S/C62H43N3O/c1-4-23-47(24-5-1)63(50-39-37-46(38-40-50)56-32-18-33-58-57-31-14-15-36-61(57)66-62(56)58)51-41-52(64(48-25-6-2-7-26-48)59-34-16-21-44-19-10-12-29-54(44)59)43-53(42-51)65(49-27-8-3-9-28-49)60-35-17-22-45-20-11-13-30-55(45)60/h1-43H. The van der Waals surface area contributed by atoms with E-state index in [2.05, 4.69) is 263 Å². The summed E-state index contributed by atoms with van der Waals surface area (Å²) in [4.78, 5) is 7.18.